The fraction of sp³-hybridized carbons (Fsp3) is 0.367. The number of furan rings is 1. The zero-order valence-electron chi connectivity index (χ0n) is 21.3. The Morgan fingerprint density at radius 2 is 1.62 bits per heavy atom. The Morgan fingerprint density at radius 3 is 2.30 bits per heavy atom. The van der Waals surface area contributed by atoms with Gasteiger partial charge in [0.2, 0.25) is 5.91 Å². The number of amides is 1. The van der Waals surface area contributed by atoms with Crippen molar-refractivity contribution in [3.05, 3.63) is 69.3 Å². The van der Waals surface area contributed by atoms with Gasteiger partial charge in [-0.1, -0.05) is 30.3 Å². The number of rotatable bonds is 6. The highest BCUT2D eigenvalue weighted by Gasteiger charge is 2.26. The van der Waals surface area contributed by atoms with Crippen molar-refractivity contribution in [2.75, 3.05) is 6.54 Å². The zero-order valence-corrected chi connectivity index (χ0v) is 21.3. The molecule has 0 spiro atoms. The van der Waals surface area contributed by atoms with Gasteiger partial charge in [-0.05, 0) is 69.6 Å². The second-order valence-corrected chi connectivity index (χ2v) is 10.2. The maximum Gasteiger partial charge on any atom is 0.340 e. The first-order valence-electron chi connectivity index (χ1n) is 12.8. The van der Waals surface area contributed by atoms with Crippen LogP contribution in [-0.4, -0.2) is 23.5 Å². The van der Waals surface area contributed by atoms with Crippen LogP contribution in [0.2, 0.25) is 0 Å². The third kappa shape index (κ3) is 4.66. The number of benzene rings is 2. The van der Waals surface area contributed by atoms with Gasteiger partial charge in [0.1, 0.15) is 16.9 Å². The minimum Gasteiger partial charge on any atom is -0.481 e. The van der Waals surface area contributed by atoms with E-state index in [-0.39, 0.29) is 24.2 Å². The molecule has 37 heavy (non-hydrogen) atoms. The van der Waals surface area contributed by atoms with Gasteiger partial charge in [-0.25, -0.2) is 4.79 Å². The van der Waals surface area contributed by atoms with E-state index in [1.165, 1.54) is 0 Å². The molecule has 2 aromatic carbocycles. The summed E-state index contributed by atoms with van der Waals surface area (Å²) in [6.45, 7) is 6.16. The first-order chi connectivity index (χ1) is 17.7. The highest BCUT2D eigenvalue weighted by molar-refractivity contribution is 6.06. The van der Waals surface area contributed by atoms with Gasteiger partial charge in [0.05, 0.1) is 17.9 Å². The van der Waals surface area contributed by atoms with Crippen molar-refractivity contribution in [1.29, 1.82) is 0 Å². The third-order valence-corrected chi connectivity index (χ3v) is 7.82. The molecule has 7 heteroatoms. The van der Waals surface area contributed by atoms with Crippen LogP contribution in [0.25, 0.3) is 33.1 Å². The van der Waals surface area contributed by atoms with Crippen LogP contribution in [0, 0.1) is 32.6 Å². The monoisotopic (exact) mass is 501 g/mol. The average Bonchev–Trinajstić information content (AvgIpc) is 3.23. The summed E-state index contributed by atoms with van der Waals surface area (Å²) < 4.78 is 11.9. The maximum atomic E-state index is 12.9. The van der Waals surface area contributed by atoms with Crippen LogP contribution in [-0.2, 0) is 16.0 Å². The number of aryl methyl sites for hydroxylation is 3. The van der Waals surface area contributed by atoms with Gasteiger partial charge in [0, 0.05) is 28.4 Å². The molecule has 0 aliphatic heterocycles. The van der Waals surface area contributed by atoms with Gasteiger partial charge < -0.3 is 19.3 Å². The summed E-state index contributed by atoms with van der Waals surface area (Å²) >= 11 is 0. The highest BCUT2D eigenvalue weighted by atomic mass is 16.4. The summed E-state index contributed by atoms with van der Waals surface area (Å²) in [6.07, 6.45) is 2.75. The van der Waals surface area contributed by atoms with E-state index in [0.29, 0.717) is 36.1 Å². The van der Waals surface area contributed by atoms with Gasteiger partial charge in [0.15, 0.2) is 0 Å². The second-order valence-electron chi connectivity index (χ2n) is 10.2. The molecule has 192 valence electrons. The molecular formula is C30H31NO6. The van der Waals surface area contributed by atoms with Crippen LogP contribution < -0.4 is 10.9 Å². The Bertz CT molecular complexity index is 1550. The number of nitrogens with one attached hydrogen (secondary N) is 1. The molecule has 0 unspecified atom stereocenters. The molecule has 0 saturated heterocycles. The molecule has 2 heterocycles. The SMILES string of the molecule is Cc1oc2c(C)c3oc(=O)c(CC(=O)NCC4CCC(C(=O)O)CC4)c(C)c3cc2c1-c1ccccc1. The summed E-state index contributed by atoms with van der Waals surface area (Å²) in [6, 6.07) is 12.0. The van der Waals surface area contributed by atoms with Crippen molar-refractivity contribution >= 4 is 33.8 Å². The molecule has 0 radical (unpaired) electrons. The van der Waals surface area contributed by atoms with E-state index in [0.717, 1.165) is 51.6 Å². The molecule has 2 N–H and O–H groups in total. The van der Waals surface area contributed by atoms with Gasteiger partial charge in [-0.15, -0.1) is 0 Å². The summed E-state index contributed by atoms with van der Waals surface area (Å²) in [5.74, 6) is -0.220. The van der Waals surface area contributed by atoms with Crippen LogP contribution >= 0.6 is 0 Å². The number of aliphatic carboxylic acids is 1. The first-order valence-corrected chi connectivity index (χ1v) is 12.8. The van der Waals surface area contributed by atoms with E-state index >= 15 is 0 Å². The fourth-order valence-electron chi connectivity index (χ4n) is 5.64. The van der Waals surface area contributed by atoms with Gasteiger partial charge in [0.25, 0.3) is 0 Å². The van der Waals surface area contributed by atoms with E-state index in [4.69, 9.17) is 8.83 Å². The van der Waals surface area contributed by atoms with Crippen LogP contribution in [0.3, 0.4) is 0 Å². The highest BCUT2D eigenvalue weighted by Crippen LogP contribution is 2.39. The van der Waals surface area contributed by atoms with E-state index in [2.05, 4.69) is 5.32 Å². The first kappa shape index (κ1) is 24.8. The number of hydrogen-bond donors (Lipinski definition) is 2. The van der Waals surface area contributed by atoms with Crippen LogP contribution in [0.15, 0.2) is 50.0 Å². The Balaban J connectivity index is 1.43. The molecule has 1 aliphatic rings. The lowest BCUT2D eigenvalue weighted by atomic mass is 9.82. The van der Waals surface area contributed by atoms with Crippen molar-refractivity contribution in [3.8, 4) is 11.1 Å². The van der Waals surface area contributed by atoms with Crippen molar-refractivity contribution in [2.45, 2.75) is 52.9 Å². The van der Waals surface area contributed by atoms with Crippen LogP contribution in [0.1, 0.15) is 48.1 Å². The lowest BCUT2D eigenvalue weighted by Gasteiger charge is -2.26. The number of carbonyl (C=O) groups excluding carboxylic acids is 1. The number of hydrogen-bond acceptors (Lipinski definition) is 5. The second kappa shape index (κ2) is 9.88. The average molecular weight is 502 g/mol. The molecule has 7 nitrogen and oxygen atoms in total. The molecule has 1 amide bonds. The number of carbonyl (C=O) groups is 2. The Hall–Kier alpha value is -3.87. The van der Waals surface area contributed by atoms with E-state index in [1.54, 1.807) is 0 Å². The van der Waals surface area contributed by atoms with E-state index < -0.39 is 11.6 Å². The quantitative estimate of drug-likeness (QED) is 0.329. The molecule has 5 rings (SSSR count). The Morgan fingerprint density at radius 1 is 0.946 bits per heavy atom. The van der Waals surface area contributed by atoms with Crippen LogP contribution in [0.4, 0.5) is 0 Å². The van der Waals surface area contributed by atoms with Crippen molar-refractivity contribution in [1.82, 2.24) is 5.32 Å². The fourth-order valence-corrected chi connectivity index (χ4v) is 5.64. The summed E-state index contributed by atoms with van der Waals surface area (Å²) in [5.41, 5.74) is 4.53. The molecule has 2 aromatic heterocycles. The third-order valence-electron chi connectivity index (χ3n) is 7.82. The van der Waals surface area contributed by atoms with E-state index in [1.807, 2.05) is 57.2 Å². The lowest BCUT2D eigenvalue weighted by Crippen LogP contribution is -2.34. The molecule has 0 bridgehead atoms. The topological polar surface area (TPSA) is 110 Å². The summed E-state index contributed by atoms with van der Waals surface area (Å²) in [7, 11) is 0. The van der Waals surface area contributed by atoms with Gasteiger partial charge in [-0.3, -0.25) is 9.59 Å². The summed E-state index contributed by atoms with van der Waals surface area (Å²) in [5, 5.41) is 13.8. The molecule has 4 aromatic rings. The number of carboxylic acid groups (broad SMARTS) is 1. The van der Waals surface area contributed by atoms with E-state index in [9.17, 15) is 19.5 Å². The van der Waals surface area contributed by atoms with Crippen LogP contribution in [0.5, 0.6) is 0 Å². The molecule has 1 aliphatic carbocycles. The Labute approximate surface area is 214 Å². The van der Waals surface area contributed by atoms with Crippen molar-refractivity contribution < 1.29 is 23.5 Å². The predicted octanol–water partition coefficient (Wildman–Crippen LogP) is 5.68. The minimum atomic E-state index is -0.741. The standard InChI is InChI=1S/C30H31NO6/c1-16-22-13-24-26(20-7-5-4-6-8-20)18(3)36-28(24)17(2)27(22)37-30(35)23(16)14-25(32)31-15-19-9-11-21(12-10-19)29(33)34/h4-8,13,19,21H,9-12,14-15H2,1-3H3,(H,31,32)(H,33,34). The lowest BCUT2D eigenvalue weighted by molar-refractivity contribution is -0.143. The zero-order chi connectivity index (χ0) is 26.3. The number of carboxylic acids is 1. The summed E-state index contributed by atoms with van der Waals surface area (Å²) in [4.78, 5) is 36.9. The Kier molecular flexibility index (Phi) is 6.63. The van der Waals surface area contributed by atoms with Crippen molar-refractivity contribution in [3.63, 3.8) is 0 Å². The minimum absolute atomic E-state index is 0.0678. The maximum absolute atomic E-state index is 12.9. The largest absolute Gasteiger partial charge is 0.481 e. The molecule has 0 atom stereocenters. The number of fused-ring (bicyclic) bond motifs is 2. The molecular weight excluding hydrogens is 470 g/mol. The predicted molar refractivity (Wildman–Crippen MR) is 142 cm³/mol. The smallest absolute Gasteiger partial charge is 0.340 e. The van der Waals surface area contributed by atoms with Gasteiger partial charge >= 0.3 is 11.6 Å². The normalized spacial score (nSPS) is 17.8. The van der Waals surface area contributed by atoms with Crippen molar-refractivity contribution in [2.24, 2.45) is 11.8 Å². The molecule has 1 saturated carbocycles. The van der Waals surface area contributed by atoms with Gasteiger partial charge in [-0.2, -0.15) is 0 Å². The molecule has 1 fully saturated rings.